The van der Waals surface area contributed by atoms with Crippen molar-refractivity contribution in [2.75, 3.05) is 6.61 Å². The molecule has 8 heteroatoms. The highest BCUT2D eigenvalue weighted by atomic mass is 32.2. The van der Waals surface area contributed by atoms with Crippen LogP contribution in [0.4, 0.5) is 4.39 Å². The number of sulfonamides is 1. The summed E-state index contributed by atoms with van der Waals surface area (Å²) in [5.41, 5.74) is -0.533. The van der Waals surface area contributed by atoms with E-state index in [1.807, 2.05) is 4.72 Å². The lowest BCUT2D eigenvalue weighted by atomic mass is 10.2. The van der Waals surface area contributed by atoms with Gasteiger partial charge in [0.05, 0.1) is 17.1 Å². The zero-order valence-corrected chi connectivity index (χ0v) is 10.2. The fourth-order valence-electron chi connectivity index (χ4n) is 1.26. The van der Waals surface area contributed by atoms with Crippen LogP contribution in [-0.2, 0) is 10.0 Å². The number of aliphatic hydroxyl groups excluding tert-OH is 1. The van der Waals surface area contributed by atoms with Crippen LogP contribution in [0.5, 0.6) is 0 Å². The number of nitrogens with one attached hydrogen (secondary N) is 1. The van der Waals surface area contributed by atoms with E-state index in [1.165, 1.54) is 6.92 Å². The molecule has 0 unspecified atom stereocenters. The Hall–Kier alpha value is -1.51. The molecule has 0 saturated carbocycles. The number of halogens is 1. The molecule has 18 heavy (non-hydrogen) atoms. The maximum Gasteiger partial charge on any atom is 0.337 e. The Morgan fingerprint density at radius 2 is 2.11 bits per heavy atom. The van der Waals surface area contributed by atoms with Gasteiger partial charge in [-0.2, -0.15) is 0 Å². The van der Waals surface area contributed by atoms with Crippen molar-refractivity contribution in [2.24, 2.45) is 0 Å². The standard InChI is InChI=1S/C10H12FNO5S/c1-6(5-13)12-18(16,17)9-4-7(11)2-3-8(9)10(14)15/h2-4,6,12-13H,5H2,1H3,(H,14,15)/t6-/m1/s1. The number of rotatable bonds is 5. The topological polar surface area (TPSA) is 104 Å². The SMILES string of the molecule is C[C@H](CO)NS(=O)(=O)c1cc(F)ccc1C(=O)O. The number of carboxylic acids is 1. The smallest absolute Gasteiger partial charge is 0.337 e. The van der Waals surface area contributed by atoms with E-state index in [1.54, 1.807) is 0 Å². The van der Waals surface area contributed by atoms with Gasteiger partial charge in [0.15, 0.2) is 0 Å². The van der Waals surface area contributed by atoms with E-state index in [9.17, 15) is 17.6 Å². The fourth-order valence-corrected chi connectivity index (χ4v) is 2.70. The van der Waals surface area contributed by atoms with Gasteiger partial charge in [-0.15, -0.1) is 0 Å². The lowest BCUT2D eigenvalue weighted by Crippen LogP contribution is -2.35. The zero-order chi connectivity index (χ0) is 13.9. The van der Waals surface area contributed by atoms with Crippen LogP contribution < -0.4 is 4.72 Å². The van der Waals surface area contributed by atoms with Gasteiger partial charge < -0.3 is 10.2 Å². The predicted octanol–water partition coefficient (Wildman–Crippen LogP) is 0.183. The molecule has 1 rings (SSSR count). The van der Waals surface area contributed by atoms with Crippen LogP contribution in [0, 0.1) is 5.82 Å². The minimum atomic E-state index is -4.20. The molecule has 1 aromatic rings. The van der Waals surface area contributed by atoms with Gasteiger partial charge in [-0.3, -0.25) is 0 Å². The van der Waals surface area contributed by atoms with Crippen molar-refractivity contribution in [3.63, 3.8) is 0 Å². The lowest BCUT2D eigenvalue weighted by molar-refractivity contribution is 0.0692. The molecule has 0 radical (unpaired) electrons. The highest BCUT2D eigenvalue weighted by Crippen LogP contribution is 2.17. The van der Waals surface area contributed by atoms with Crippen LogP contribution in [0.15, 0.2) is 23.1 Å². The Balaban J connectivity index is 3.30. The second kappa shape index (κ2) is 5.42. The van der Waals surface area contributed by atoms with Crippen molar-refractivity contribution in [2.45, 2.75) is 17.9 Å². The summed E-state index contributed by atoms with van der Waals surface area (Å²) < 4.78 is 38.7. The van der Waals surface area contributed by atoms with E-state index >= 15 is 0 Å². The normalized spacial score (nSPS) is 13.3. The Labute approximate surface area is 103 Å². The van der Waals surface area contributed by atoms with Crippen LogP contribution >= 0.6 is 0 Å². The van der Waals surface area contributed by atoms with E-state index < -0.39 is 44.9 Å². The minimum Gasteiger partial charge on any atom is -0.478 e. The summed E-state index contributed by atoms with van der Waals surface area (Å²) in [6.45, 7) is 0.925. The number of carboxylic acid groups (broad SMARTS) is 1. The van der Waals surface area contributed by atoms with Gasteiger partial charge in [0.1, 0.15) is 5.82 Å². The predicted molar refractivity (Wildman–Crippen MR) is 60.2 cm³/mol. The van der Waals surface area contributed by atoms with Crippen molar-refractivity contribution in [3.8, 4) is 0 Å². The molecule has 0 bridgehead atoms. The summed E-state index contributed by atoms with van der Waals surface area (Å²) in [6, 6.07) is 1.55. The summed E-state index contributed by atoms with van der Waals surface area (Å²) in [7, 11) is -4.20. The number of benzene rings is 1. The lowest BCUT2D eigenvalue weighted by Gasteiger charge is -2.13. The van der Waals surface area contributed by atoms with Crippen LogP contribution in [0.2, 0.25) is 0 Å². The summed E-state index contributed by atoms with van der Waals surface area (Å²) in [5, 5.41) is 17.6. The van der Waals surface area contributed by atoms with Gasteiger partial charge in [0.2, 0.25) is 10.0 Å². The Morgan fingerprint density at radius 1 is 1.50 bits per heavy atom. The third-order valence-electron chi connectivity index (χ3n) is 2.09. The van der Waals surface area contributed by atoms with Gasteiger partial charge >= 0.3 is 5.97 Å². The molecular formula is C10H12FNO5S. The van der Waals surface area contributed by atoms with Gasteiger partial charge in [0, 0.05) is 6.04 Å². The van der Waals surface area contributed by atoms with Gasteiger partial charge in [-0.25, -0.2) is 22.3 Å². The number of aliphatic hydroxyl groups is 1. The molecule has 0 aliphatic heterocycles. The Bertz CT molecular complexity index is 557. The molecule has 0 spiro atoms. The highest BCUT2D eigenvalue weighted by Gasteiger charge is 2.24. The van der Waals surface area contributed by atoms with Crippen molar-refractivity contribution in [1.82, 2.24) is 4.72 Å². The van der Waals surface area contributed by atoms with Crippen molar-refractivity contribution in [3.05, 3.63) is 29.6 Å². The second-order valence-electron chi connectivity index (χ2n) is 3.65. The molecule has 0 heterocycles. The molecule has 1 atom stereocenters. The van der Waals surface area contributed by atoms with Crippen LogP contribution in [0.25, 0.3) is 0 Å². The fraction of sp³-hybridized carbons (Fsp3) is 0.300. The molecule has 6 nitrogen and oxygen atoms in total. The third kappa shape index (κ3) is 3.25. The van der Waals surface area contributed by atoms with E-state index in [2.05, 4.69) is 0 Å². The summed E-state index contributed by atoms with van der Waals surface area (Å²) in [5.74, 6) is -2.34. The number of carbonyl (C=O) groups is 1. The monoisotopic (exact) mass is 277 g/mol. The molecule has 0 fully saturated rings. The number of hydrogen-bond donors (Lipinski definition) is 3. The van der Waals surface area contributed by atoms with Gasteiger partial charge in [-0.05, 0) is 25.1 Å². The highest BCUT2D eigenvalue weighted by molar-refractivity contribution is 7.89. The van der Waals surface area contributed by atoms with Crippen molar-refractivity contribution in [1.29, 1.82) is 0 Å². The van der Waals surface area contributed by atoms with Crippen LogP contribution in [0.3, 0.4) is 0 Å². The summed E-state index contributed by atoms with van der Waals surface area (Å²) >= 11 is 0. The molecular weight excluding hydrogens is 265 g/mol. The first-order valence-electron chi connectivity index (χ1n) is 4.94. The average molecular weight is 277 g/mol. The first-order chi connectivity index (χ1) is 8.27. The van der Waals surface area contributed by atoms with Crippen molar-refractivity contribution < 1.29 is 27.8 Å². The first kappa shape index (κ1) is 14.6. The van der Waals surface area contributed by atoms with E-state index in [-0.39, 0.29) is 0 Å². The van der Waals surface area contributed by atoms with Crippen LogP contribution in [0.1, 0.15) is 17.3 Å². The largest absolute Gasteiger partial charge is 0.478 e. The molecule has 0 aliphatic carbocycles. The maximum absolute atomic E-state index is 13.0. The first-order valence-corrected chi connectivity index (χ1v) is 6.42. The average Bonchev–Trinajstić information content (AvgIpc) is 2.27. The quantitative estimate of drug-likeness (QED) is 0.712. The third-order valence-corrected chi connectivity index (χ3v) is 3.72. The molecule has 1 aromatic carbocycles. The van der Waals surface area contributed by atoms with Crippen LogP contribution in [-0.4, -0.2) is 37.2 Å². The Kier molecular flexibility index (Phi) is 4.38. The minimum absolute atomic E-state index is 0.461. The van der Waals surface area contributed by atoms with E-state index in [0.717, 1.165) is 12.1 Å². The molecule has 100 valence electrons. The molecule has 0 saturated heterocycles. The number of hydrogen-bond acceptors (Lipinski definition) is 4. The van der Waals surface area contributed by atoms with Gasteiger partial charge in [-0.1, -0.05) is 0 Å². The summed E-state index contributed by atoms with van der Waals surface area (Å²) in [4.78, 5) is 10.2. The molecule has 3 N–H and O–H groups in total. The van der Waals surface area contributed by atoms with Crippen molar-refractivity contribution >= 4 is 16.0 Å². The second-order valence-corrected chi connectivity index (χ2v) is 5.33. The van der Waals surface area contributed by atoms with E-state index in [0.29, 0.717) is 6.07 Å². The maximum atomic E-state index is 13.0. The Morgan fingerprint density at radius 3 is 2.61 bits per heavy atom. The number of aromatic carboxylic acids is 1. The molecule has 0 aliphatic rings. The summed E-state index contributed by atoms with van der Waals surface area (Å²) in [6.07, 6.45) is 0. The van der Waals surface area contributed by atoms with E-state index in [4.69, 9.17) is 10.2 Å². The molecule has 0 amide bonds. The molecule has 0 aromatic heterocycles. The zero-order valence-electron chi connectivity index (χ0n) is 9.42. The van der Waals surface area contributed by atoms with Gasteiger partial charge in [0.25, 0.3) is 0 Å².